The summed E-state index contributed by atoms with van der Waals surface area (Å²) in [6, 6.07) is 9.49. The Labute approximate surface area is 123 Å². The smallest absolute Gasteiger partial charge is 0.243 e. The van der Waals surface area contributed by atoms with Crippen molar-refractivity contribution < 1.29 is 22.7 Å². The van der Waals surface area contributed by atoms with Crippen LogP contribution >= 0.6 is 0 Å². The predicted molar refractivity (Wildman–Crippen MR) is 76.4 cm³/mol. The summed E-state index contributed by atoms with van der Waals surface area (Å²) >= 11 is 0. The lowest BCUT2D eigenvalue weighted by molar-refractivity contribution is 0.201. The molecule has 2 aromatic rings. The molecule has 7 heteroatoms. The van der Waals surface area contributed by atoms with Crippen LogP contribution in [0.1, 0.15) is 5.76 Å². The second-order valence-electron chi connectivity index (χ2n) is 4.38. The predicted octanol–water partition coefficient (Wildman–Crippen LogP) is 1.47. The van der Waals surface area contributed by atoms with Crippen LogP contribution in [0.3, 0.4) is 0 Å². The molecule has 0 unspecified atom stereocenters. The SMILES string of the molecule is CN(Cc1ccco1)S(=O)(=O)c1ccc(OCCO)cc1. The molecule has 0 aliphatic heterocycles. The number of aliphatic hydroxyl groups is 1. The molecule has 114 valence electrons. The van der Waals surface area contributed by atoms with E-state index in [0.717, 1.165) is 0 Å². The molecule has 0 spiro atoms. The summed E-state index contributed by atoms with van der Waals surface area (Å²) in [5.74, 6) is 1.08. The lowest BCUT2D eigenvalue weighted by atomic mass is 10.3. The van der Waals surface area contributed by atoms with E-state index in [2.05, 4.69) is 0 Å². The molecular weight excluding hydrogens is 294 g/mol. The van der Waals surface area contributed by atoms with E-state index in [-0.39, 0.29) is 24.7 Å². The number of sulfonamides is 1. The summed E-state index contributed by atoms with van der Waals surface area (Å²) in [4.78, 5) is 0.174. The number of hydrogen-bond acceptors (Lipinski definition) is 5. The molecule has 0 atom stereocenters. The summed E-state index contributed by atoms with van der Waals surface area (Å²) in [6.45, 7) is 0.245. The van der Waals surface area contributed by atoms with E-state index in [1.165, 1.54) is 29.7 Å². The van der Waals surface area contributed by atoms with E-state index in [1.807, 2.05) is 0 Å². The Morgan fingerprint density at radius 3 is 2.52 bits per heavy atom. The van der Waals surface area contributed by atoms with E-state index < -0.39 is 10.0 Å². The molecule has 0 amide bonds. The monoisotopic (exact) mass is 311 g/mol. The van der Waals surface area contributed by atoms with Crippen LogP contribution < -0.4 is 4.74 Å². The number of hydrogen-bond donors (Lipinski definition) is 1. The normalized spacial score (nSPS) is 11.8. The molecular formula is C14H17NO5S. The van der Waals surface area contributed by atoms with Crippen LogP contribution in [0.5, 0.6) is 5.75 Å². The summed E-state index contributed by atoms with van der Waals surface area (Å²) < 4.78 is 36.3. The first-order valence-corrected chi connectivity index (χ1v) is 7.80. The van der Waals surface area contributed by atoms with Crippen LogP contribution in [-0.4, -0.2) is 38.1 Å². The Hall–Kier alpha value is -1.83. The molecule has 0 aliphatic carbocycles. The summed E-state index contributed by atoms with van der Waals surface area (Å²) in [7, 11) is -2.09. The Bertz CT molecular complexity index is 649. The van der Waals surface area contributed by atoms with E-state index in [0.29, 0.717) is 11.5 Å². The Morgan fingerprint density at radius 2 is 1.95 bits per heavy atom. The number of ether oxygens (including phenoxy) is 1. The van der Waals surface area contributed by atoms with Gasteiger partial charge in [-0.3, -0.25) is 0 Å². The van der Waals surface area contributed by atoms with Crippen LogP contribution in [0.25, 0.3) is 0 Å². The van der Waals surface area contributed by atoms with Crippen molar-refractivity contribution in [1.29, 1.82) is 0 Å². The number of aliphatic hydroxyl groups excluding tert-OH is 1. The molecule has 1 heterocycles. The third-order valence-corrected chi connectivity index (χ3v) is 4.67. The first-order valence-electron chi connectivity index (χ1n) is 6.36. The van der Waals surface area contributed by atoms with Gasteiger partial charge in [-0.2, -0.15) is 4.31 Å². The molecule has 0 bridgehead atoms. The van der Waals surface area contributed by atoms with Crippen molar-refractivity contribution in [2.75, 3.05) is 20.3 Å². The molecule has 0 radical (unpaired) electrons. The third kappa shape index (κ3) is 3.84. The second kappa shape index (κ2) is 6.75. The Morgan fingerprint density at radius 1 is 1.24 bits per heavy atom. The number of benzene rings is 1. The van der Waals surface area contributed by atoms with Gasteiger partial charge in [-0.15, -0.1) is 0 Å². The van der Waals surface area contributed by atoms with Gasteiger partial charge < -0.3 is 14.3 Å². The fourth-order valence-electron chi connectivity index (χ4n) is 1.76. The molecule has 21 heavy (non-hydrogen) atoms. The van der Waals surface area contributed by atoms with Crippen molar-refractivity contribution in [3.63, 3.8) is 0 Å². The molecule has 1 N–H and O–H groups in total. The second-order valence-corrected chi connectivity index (χ2v) is 6.43. The van der Waals surface area contributed by atoms with Gasteiger partial charge in [0.05, 0.1) is 24.3 Å². The highest BCUT2D eigenvalue weighted by molar-refractivity contribution is 7.89. The Kier molecular flexibility index (Phi) is 5.00. The lowest BCUT2D eigenvalue weighted by Gasteiger charge is -2.16. The molecule has 0 saturated carbocycles. The third-order valence-electron chi connectivity index (χ3n) is 2.85. The van der Waals surface area contributed by atoms with Crippen molar-refractivity contribution in [3.8, 4) is 5.75 Å². The van der Waals surface area contributed by atoms with Gasteiger partial charge in [0.15, 0.2) is 0 Å². The maximum Gasteiger partial charge on any atom is 0.243 e. The summed E-state index contributed by atoms with van der Waals surface area (Å²) in [6.07, 6.45) is 1.50. The maximum atomic E-state index is 12.4. The van der Waals surface area contributed by atoms with Crippen LogP contribution in [0.15, 0.2) is 52.0 Å². The number of rotatable bonds is 7. The average Bonchev–Trinajstić information content (AvgIpc) is 2.98. The minimum atomic E-state index is -3.58. The first kappa shape index (κ1) is 15.6. The molecule has 0 saturated heterocycles. The fraction of sp³-hybridized carbons (Fsp3) is 0.286. The minimum Gasteiger partial charge on any atom is -0.491 e. The standard InChI is InChI=1S/C14H17NO5S/c1-15(11-13-3-2-9-19-13)21(17,18)14-6-4-12(5-7-14)20-10-8-16/h2-7,9,16H,8,10-11H2,1H3. The van der Waals surface area contributed by atoms with Gasteiger partial charge >= 0.3 is 0 Å². The van der Waals surface area contributed by atoms with Gasteiger partial charge in [0.1, 0.15) is 18.1 Å². The largest absolute Gasteiger partial charge is 0.491 e. The summed E-state index contributed by atoms with van der Waals surface area (Å²) in [5.41, 5.74) is 0. The highest BCUT2D eigenvalue weighted by Gasteiger charge is 2.21. The fourth-order valence-corrected chi connectivity index (χ4v) is 2.90. The van der Waals surface area contributed by atoms with Crippen LogP contribution in [0.4, 0.5) is 0 Å². The average molecular weight is 311 g/mol. The maximum absolute atomic E-state index is 12.4. The molecule has 1 aromatic heterocycles. The van der Waals surface area contributed by atoms with Gasteiger partial charge in [0.25, 0.3) is 0 Å². The van der Waals surface area contributed by atoms with E-state index in [9.17, 15) is 8.42 Å². The zero-order chi connectivity index (χ0) is 15.3. The highest BCUT2D eigenvalue weighted by atomic mass is 32.2. The molecule has 0 fully saturated rings. The van der Waals surface area contributed by atoms with E-state index >= 15 is 0 Å². The van der Waals surface area contributed by atoms with E-state index in [1.54, 1.807) is 24.3 Å². The van der Waals surface area contributed by atoms with Gasteiger partial charge in [-0.1, -0.05) is 0 Å². The van der Waals surface area contributed by atoms with Crippen molar-refractivity contribution in [3.05, 3.63) is 48.4 Å². The van der Waals surface area contributed by atoms with Gasteiger partial charge in [-0.05, 0) is 36.4 Å². The quantitative estimate of drug-likeness (QED) is 0.837. The minimum absolute atomic E-state index is 0.0913. The number of furan rings is 1. The zero-order valence-electron chi connectivity index (χ0n) is 11.6. The number of nitrogens with zero attached hydrogens (tertiary/aromatic N) is 1. The zero-order valence-corrected chi connectivity index (χ0v) is 12.4. The van der Waals surface area contributed by atoms with Crippen molar-refractivity contribution in [1.82, 2.24) is 4.31 Å². The molecule has 0 aliphatic rings. The Balaban J connectivity index is 2.11. The van der Waals surface area contributed by atoms with Gasteiger partial charge in [0, 0.05) is 7.05 Å². The highest BCUT2D eigenvalue weighted by Crippen LogP contribution is 2.20. The van der Waals surface area contributed by atoms with E-state index in [4.69, 9.17) is 14.3 Å². The van der Waals surface area contributed by atoms with Gasteiger partial charge in [0.2, 0.25) is 10.0 Å². The molecule has 6 nitrogen and oxygen atoms in total. The lowest BCUT2D eigenvalue weighted by Crippen LogP contribution is -2.26. The van der Waals surface area contributed by atoms with Crippen molar-refractivity contribution in [2.24, 2.45) is 0 Å². The van der Waals surface area contributed by atoms with Crippen molar-refractivity contribution >= 4 is 10.0 Å². The van der Waals surface area contributed by atoms with Crippen LogP contribution in [0, 0.1) is 0 Å². The summed E-state index contributed by atoms with van der Waals surface area (Å²) in [5, 5.41) is 8.67. The van der Waals surface area contributed by atoms with Crippen LogP contribution in [-0.2, 0) is 16.6 Å². The van der Waals surface area contributed by atoms with Crippen molar-refractivity contribution in [2.45, 2.75) is 11.4 Å². The first-order chi connectivity index (χ1) is 10.0. The van der Waals surface area contributed by atoms with Crippen LogP contribution in [0.2, 0.25) is 0 Å². The van der Waals surface area contributed by atoms with Gasteiger partial charge in [-0.25, -0.2) is 8.42 Å². The topological polar surface area (TPSA) is 80.0 Å². The molecule has 2 rings (SSSR count). The molecule has 1 aromatic carbocycles.